The Kier molecular flexibility index (Phi) is 8.49. The van der Waals surface area contributed by atoms with Crippen molar-refractivity contribution in [3.8, 4) is 16.9 Å². The van der Waals surface area contributed by atoms with Crippen LogP contribution in [0.25, 0.3) is 23.3 Å². The molecule has 0 spiro atoms. The van der Waals surface area contributed by atoms with Gasteiger partial charge in [0.1, 0.15) is 6.61 Å². The molecule has 0 aromatic heterocycles. The first-order chi connectivity index (χ1) is 17.8. The summed E-state index contributed by atoms with van der Waals surface area (Å²) in [6, 6.07) is 12.7. The van der Waals surface area contributed by atoms with Crippen LogP contribution in [-0.4, -0.2) is 17.8 Å². The number of rotatable bonds is 8. The molecule has 3 aromatic rings. The van der Waals surface area contributed by atoms with Crippen LogP contribution in [0.2, 0.25) is 0 Å². The third-order valence-corrected chi connectivity index (χ3v) is 7.12. The number of aliphatic hydroxyl groups is 1. The average molecular weight is 511 g/mol. The van der Waals surface area contributed by atoms with Gasteiger partial charge in [0.15, 0.2) is 23.2 Å². The molecule has 1 atom stereocenters. The van der Waals surface area contributed by atoms with Gasteiger partial charge in [0.25, 0.3) is 0 Å². The van der Waals surface area contributed by atoms with Gasteiger partial charge in [0.2, 0.25) is 5.82 Å². The summed E-state index contributed by atoms with van der Waals surface area (Å²) in [5.74, 6) is -3.82. The number of hydrogen-bond acceptors (Lipinski definition) is 2. The summed E-state index contributed by atoms with van der Waals surface area (Å²) in [5.41, 5.74) is 1.77. The molecule has 1 saturated carbocycles. The molecule has 0 amide bonds. The molecule has 6 heteroatoms. The molecule has 1 fully saturated rings. The van der Waals surface area contributed by atoms with Crippen molar-refractivity contribution in [2.45, 2.75) is 44.6 Å². The first-order valence-electron chi connectivity index (χ1n) is 12.5. The molecule has 37 heavy (non-hydrogen) atoms. The van der Waals surface area contributed by atoms with Gasteiger partial charge in [-0.05, 0) is 73.3 Å². The second-order valence-electron chi connectivity index (χ2n) is 9.52. The van der Waals surface area contributed by atoms with Crippen LogP contribution in [0.15, 0.2) is 61.2 Å². The summed E-state index contributed by atoms with van der Waals surface area (Å²) < 4.78 is 63.7. The lowest BCUT2D eigenvalue weighted by atomic mass is 9.76. The molecule has 0 aliphatic heterocycles. The predicted octanol–water partition coefficient (Wildman–Crippen LogP) is 8.30. The highest BCUT2D eigenvalue weighted by atomic mass is 19.2. The summed E-state index contributed by atoms with van der Waals surface area (Å²) in [7, 11) is 0. The molecule has 0 heterocycles. The minimum Gasteiger partial charge on any atom is -0.486 e. The van der Waals surface area contributed by atoms with Crippen molar-refractivity contribution in [2.24, 2.45) is 5.92 Å². The van der Waals surface area contributed by atoms with Crippen LogP contribution in [0.1, 0.15) is 55.2 Å². The van der Waals surface area contributed by atoms with Crippen LogP contribution >= 0.6 is 0 Å². The lowest BCUT2D eigenvalue weighted by molar-refractivity contribution is 0.0963. The molecular weight excluding hydrogens is 480 g/mol. The van der Waals surface area contributed by atoms with E-state index in [1.54, 1.807) is 49.4 Å². The Morgan fingerprint density at radius 3 is 2.22 bits per heavy atom. The zero-order valence-electron chi connectivity index (χ0n) is 20.7. The van der Waals surface area contributed by atoms with Gasteiger partial charge in [0.05, 0.1) is 6.10 Å². The monoisotopic (exact) mass is 510 g/mol. The number of ether oxygens (including phenoxy) is 1. The van der Waals surface area contributed by atoms with Gasteiger partial charge in [-0.3, -0.25) is 0 Å². The highest BCUT2D eigenvalue weighted by molar-refractivity contribution is 5.73. The van der Waals surface area contributed by atoms with Crippen LogP contribution in [0.4, 0.5) is 17.6 Å². The van der Waals surface area contributed by atoms with Crippen molar-refractivity contribution in [2.75, 3.05) is 6.61 Å². The SMILES string of the molecule is C=CCOc1ccc(-c2ccc(/C=C/c3ccc(C4CCC(C(C)O)CC4)c(F)c3F)cc2)c(F)c1F. The van der Waals surface area contributed by atoms with E-state index in [2.05, 4.69) is 6.58 Å². The minimum absolute atomic E-state index is 0.0529. The van der Waals surface area contributed by atoms with E-state index in [-0.39, 0.29) is 41.4 Å². The Morgan fingerprint density at radius 2 is 1.57 bits per heavy atom. The first-order valence-corrected chi connectivity index (χ1v) is 12.5. The lowest BCUT2D eigenvalue weighted by Crippen LogP contribution is -2.23. The van der Waals surface area contributed by atoms with Gasteiger partial charge < -0.3 is 9.84 Å². The zero-order chi connectivity index (χ0) is 26.5. The predicted molar refractivity (Wildman–Crippen MR) is 139 cm³/mol. The molecular formula is C31H30F4O2. The van der Waals surface area contributed by atoms with E-state index in [4.69, 9.17) is 4.74 Å². The second-order valence-corrected chi connectivity index (χ2v) is 9.52. The smallest absolute Gasteiger partial charge is 0.201 e. The third-order valence-electron chi connectivity index (χ3n) is 7.12. The Hall–Kier alpha value is -3.38. The molecule has 4 rings (SSSR count). The number of benzene rings is 3. The van der Waals surface area contributed by atoms with Gasteiger partial charge in [-0.25, -0.2) is 13.2 Å². The molecule has 194 valence electrons. The van der Waals surface area contributed by atoms with E-state index in [1.165, 1.54) is 24.3 Å². The van der Waals surface area contributed by atoms with Crippen molar-refractivity contribution in [1.82, 2.24) is 0 Å². The summed E-state index contributed by atoms with van der Waals surface area (Å²) in [4.78, 5) is 0. The molecule has 3 aromatic carbocycles. The van der Waals surface area contributed by atoms with E-state index in [0.29, 0.717) is 16.7 Å². The number of aliphatic hydroxyl groups excluding tert-OH is 1. The van der Waals surface area contributed by atoms with Crippen molar-refractivity contribution in [3.63, 3.8) is 0 Å². The summed E-state index contributed by atoms with van der Waals surface area (Å²) in [6.07, 6.45) is 7.23. The average Bonchev–Trinajstić information content (AvgIpc) is 2.91. The molecule has 1 N–H and O–H groups in total. The normalized spacial score (nSPS) is 18.6. The van der Waals surface area contributed by atoms with Gasteiger partial charge in [-0.15, -0.1) is 0 Å². The van der Waals surface area contributed by atoms with Crippen molar-refractivity contribution < 1.29 is 27.4 Å². The molecule has 2 nitrogen and oxygen atoms in total. The Bertz CT molecular complexity index is 1270. The van der Waals surface area contributed by atoms with Gasteiger partial charge in [0, 0.05) is 11.1 Å². The Balaban J connectivity index is 1.47. The van der Waals surface area contributed by atoms with E-state index < -0.39 is 23.3 Å². The largest absolute Gasteiger partial charge is 0.486 e. The molecule has 1 unspecified atom stereocenters. The summed E-state index contributed by atoms with van der Waals surface area (Å²) >= 11 is 0. The van der Waals surface area contributed by atoms with Crippen LogP contribution in [0.3, 0.4) is 0 Å². The van der Waals surface area contributed by atoms with E-state index in [1.807, 2.05) is 0 Å². The maximum Gasteiger partial charge on any atom is 0.201 e. The van der Waals surface area contributed by atoms with Crippen molar-refractivity contribution >= 4 is 12.2 Å². The van der Waals surface area contributed by atoms with E-state index in [0.717, 1.165) is 25.7 Å². The molecule has 1 aliphatic carbocycles. The standard InChI is InChI=1S/C31H30F4O2/c1-3-18-37-27-17-16-26(30(34)31(27)35)22-7-4-20(5-8-22)6-9-24-14-15-25(29(33)28(24)32)23-12-10-21(11-13-23)19(2)36/h3-9,14-17,19,21,23,36H,1,10-13,18H2,2H3/b9-6+. The van der Waals surface area contributed by atoms with Gasteiger partial charge in [-0.1, -0.05) is 61.2 Å². The number of halogens is 4. The zero-order valence-corrected chi connectivity index (χ0v) is 20.7. The fourth-order valence-electron chi connectivity index (χ4n) is 4.91. The van der Waals surface area contributed by atoms with Crippen molar-refractivity contribution in [3.05, 3.63) is 101 Å². The topological polar surface area (TPSA) is 29.5 Å². The fourth-order valence-corrected chi connectivity index (χ4v) is 4.91. The molecule has 1 aliphatic rings. The Morgan fingerprint density at radius 1 is 0.865 bits per heavy atom. The highest BCUT2D eigenvalue weighted by Gasteiger charge is 2.28. The maximum atomic E-state index is 14.9. The summed E-state index contributed by atoms with van der Waals surface area (Å²) in [6.45, 7) is 5.32. The third kappa shape index (κ3) is 5.96. The highest BCUT2D eigenvalue weighted by Crippen LogP contribution is 2.39. The maximum absolute atomic E-state index is 14.9. The van der Waals surface area contributed by atoms with Gasteiger partial charge >= 0.3 is 0 Å². The molecule has 0 saturated heterocycles. The molecule has 0 radical (unpaired) electrons. The quantitative estimate of drug-likeness (QED) is 0.188. The summed E-state index contributed by atoms with van der Waals surface area (Å²) in [5, 5.41) is 9.77. The fraction of sp³-hybridized carbons (Fsp3) is 0.290. The lowest BCUT2D eigenvalue weighted by Gasteiger charge is -2.30. The van der Waals surface area contributed by atoms with Crippen LogP contribution in [0, 0.1) is 29.2 Å². The van der Waals surface area contributed by atoms with E-state index in [9.17, 15) is 22.7 Å². The van der Waals surface area contributed by atoms with E-state index >= 15 is 0 Å². The second kappa shape index (κ2) is 11.8. The van der Waals surface area contributed by atoms with Crippen LogP contribution in [-0.2, 0) is 0 Å². The van der Waals surface area contributed by atoms with Crippen molar-refractivity contribution in [1.29, 1.82) is 0 Å². The van der Waals surface area contributed by atoms with Gasteiger partial charge in [-0.2, -0.15) is 4.39 Å². The molecule has 0 bridgehead atoms. The number of hydrogen-bond donors (Lipinski definition) is 1. The van der Waals surface area contributed by atoms with Crippen LogP contribution in [0.5, 0.6) is 5.75 Å². The van der Waals surface area contributed by atoms with Crippen LogP contribution < -0.4 is 4.74 Å². The Labute approximate surface area is 214 Å². The first kappa shape index (κ1) is 26.7. The minimum atomic E-state index is -1.07.